The molecule has 0 saturated carbocycles. The third kappa shape index (κ3) is 7.56. The van der Waals surface area contributed by atoms with Crippen LogP contribution in [0.4, 0.5) is 5.69 Å². The molecule has 0 fully saturated rings. The van der Waals surface area contributed by atoms with E-state index in [-0.39, 0.29) is 57.5 Å². The second kappa shape index (κ2) is 16.3. The van der Waals surface area contributed by atoms with Crippen LogP contribution in [0.5, 0.6) is 23.0 Å². The molecule has 0 amide bonds. The van der Waals surface area contributed by atoms with E-state index in [0.29, 0.717) is 35.8 Å². The van der Waals surface area contributed by atoms with Crippen molar-refractivity contribution in [3.05, 3.63) is 118 Å². The number of thiazole rings is 1. The monoisotopic (exact) mass is 703 g/mol. The number of allylic oxidation sites excluding steroid dienone is 1. The van der Waals surface area contributed by atoms with Gasteiger partial charge in [-0.25, -0.2) is 9.79 Å². The van der Waals surface area contributed by atoms with Crippen molar-refractivity contribution in [3.8, 4) is 23.0 Å². The summed E-state index contributed by atoms with van der Waals surface area (Å²) in [6.07, 6.45) is 2.11. The van der Waals surface area contributed by atoms with E-state index in [9.17, 15) is 19.7 Å². The molecule has 2 heterocycles. The predicted octanol–water partition coefficient (Wildman–Crippen LogP) is 4.72. The number of hydrogen-bond donors (Lipinski definition) is 0. The van der Waals surface area contributed by atoms with Crippen molar-refractivity contribution in [2.75, 3.05) is 41.2 Å². The number of ether oxygens (including phenoxy) is 6. The van der Waals surface area contributed by atoms with Gasteiger partial charge in [0.25, 0.3) is 11.2 Å². The number of methoxy groups -OCH3 is 3. The highest BCUT2D eigenvalue weighted by Crippen LogP contribution is 2.41. The molecular formula is C36H37N3O10S. The molecule has 0 saturated heterocycles. The molecule has 50 heavy (non-hydrogen) atoms. The lowest BCUT2D eigenvalue weighted by Crippen LogP contribution is -2.40. The minimum atomic E-state index is -1.02. The zero-order chi connectivity index (χ0) is 35.8. The number of rotatable bonds is 15. The van der Waals surface area contributed by atoms with Gasteiger partial charge in [-0.2, -0.15) is 0 Å². The molecule has 0 aliphatic carbocycles. The molecule has 0 unspecified atom stereocenters. The molecule has 5 rings (SSSR count). The molecule has 14 heteroatoms. The lowest BCUT2D eigenvalue weighted by Gasteiger charge is -2.27. The zero-order valence-corrected chi connectivity index (χ0v) is 29.1. The van der Waals surface area contributed by atoms with Gasteiger partial charge >= 0.3 is 5.97 Å². The number of hydrogen-bond acceptors (Lipinski definition) is 12. The SMILES string of the molecule is CCCOc1c(OC)cccc1[C@H]1C(C(=O)OCCOC)=C(C)N=c2s/c(=C/c3cc(OC)c(OCc4ccccc4)cc3[N+](=O)[O-])c(=O)n21. The Labute approximate surface area is 291 Å². The Bertz CT molecular complexity index is 2090. The number of carbonyl (C=O) groups excluding carboxylic acids is 1. The summed E-state index contributed by atoms with van der Waals surface area (Å²) in [4.78, 5) is 44.7. The van der Waals surface area contributed by atoms with Crippen LogP contribution in [0.1, 0.15) is 43.0 Å². The van der Waals surface area contributed by atoms with E-state index in [4.69, 9.17) is 28.4 Å². The predicted molar refractivity (Wildman–Crippen MR) is 186 cm³/mol. The maximum absolute atomic E-state index is 14.4. The van der Waals surface area contributed by atoms with Gasteiger partial charge in [-0.1, -0.05) is 60.7 Å². The molecule has 1 aromatic heterocycles. The van der Waals surface area contributed by atoms with Gasteiger partial charge in [-0.15, -0.1) is 0 Å². The number of nitrogens with zero attached hydrogens (tertiary/aromatic N) is 3. The standard InChI is InChI=1S/C36H37N3O10S/c1-6-15-47-33-25(13-10-14-27(33)45-4)32-31(35(41)48-17-16-44-3)22(2)37-36-38(32)34(40)30(50-36)19-24-18-28(46-5)29(20-26(24)39(42)43)49-21-23-11-8-7-9-12-23/h7-14,18-20,32H,6,15-17,21H2,1-5H3/b30-19+/t32-/m0/s1. The number of aromatic nitrogens is 1. The Balaban J connectivity index is 1.68. The average Bonchev–Trinajstić information content (AvgIpc) is 3.42. The van der Waals surface area contributed by atoms with Crippen molar-refractivity contribution >= 4 is 29.1 Å². The number of benzene rings is 3. The van der Waals surface area contributed by atoms with Gasteiger partial charge in [0.2, 0.25) is 0 Å². The van der Waals surface area contributed by atoms with Gasteiger partial charge in [0.05, 0.1) is 59.8 Å². The second-order valence-electron chi connectivity index (χ2n) is 11.0. The lowest BCUT2D eigenvalue weighted by molar-refractivity contribution is -0.385. The fraction of sp³-hybridized carbons (Fsp3) is 0.306. The van der Waals surface area contributed by atoms with Crippen LogP contribution < -0.4 is 33.8 Å². The van der Waals surface area contributed by atoms with Crippen LogP contribution in [-0.2, 0) is 20.9 Å². The normalized spacial score (nSPS) is 14.1. The summed E-state index contributed by atoms with van der Waals surface area (Å²) in [6.45, 7) is 4.28. The van der Waals surface area contributed by atoms with E-state index < -0.39 is 22.5 Å². The molecular weight excluding hydrogens is 666 g/mol. The van der Waals surface area contributed by atoms with E-state index in [0.717, 1.165) is 16.9 Å². The molecule has 0 radical (unpaired) electrons. The molecule has 262 valence electrons. The third-order valence-corrected chi connectivity index (χ3v) is 8.75. The van der Waals surface area contributed by atoms with Crippen molar-refractivity contribution in [2.24, 2.45) is 4.99 Å². The molecule has 1 aliphatic rings. The molecule has 1 atom stereocenters. The largest absolute Gasteiger partial charge is 0.493 e. The van der Waals surface area contributed by atoms with Crippen molar-refractivity contribution in [1.29, 1.82) is 0 Å². The second-order valence-corrected chi connectivity index (χ2v) is 12.0. The fourth-order valence-corrected chi connectivity index (χ4v) is 6.46. The summed E-state index contributed by atoms with van der Waals surface area (Å²) in [5.74, 6) is 0.510. The number of fused-ring (bicyclic) bond motifs is 1. The van der Waals surface area contributed by atoms with Crippen LogP contribution in [-0.4, -0.2) is 56.6 Å². The van der Waals surface area contributed by atoms with E-state index in [1.54, 1.807) is 25.1 Å². The van der Waals surface area contributed by atoms with Crippen LogP contribution in [0.15, 0.2) is 81.7 Å². The molecule has 3 aromatic carbocycles. The molecule has 0 N–H and O–H groups in total. The van der Waals surface area contributed by atoms with Crippen LogP contribution >= 0.6 is 11.3 Å². The fourth-order valence-electron chi connectivity index (χ4n) is 5.43. The molecule has 4 aromatic rings. The van der Waals surface area contributed by atoms with Gasteiger partial charge in [0.15, 0.2) is 27.8 Å². The highest BCUT2D eigenvalue weighted by atomic mass is 32.1. The van der Waals surface area contributed by atoms with Crippen LogP contribution in [0.25, 0.3) is 6.08 Å². The summed E-state index contributed by atoms with van der Waals surface area (Å²) in [5.41, 5.74) is 1.10. The van der Waals surface area contributed by atoms with Gasteiger partial charge < -0.3 is 28.4 Å². The summed E-state index contributed by atoms with van der Waals surface area (Å²) in [6, 6.07) is 16.3. The summed E-state index contributed by atoms with van der Waals surface area (Å²) >= 11 is 1.03. The Morgan fingerprint density at radius 3 is 2.42 bits per heavy atom. The van der Waals surface area contributed by atoms with Crippen molar-refractivity contribution < 1.29 is 38.1 Å². The number of carbonyl (C=O) groups is 1. The van der Waals surface area contributed by atoms with Gasteiger partial charge in [-0.3, -0.25) is 19.5 Å². The first-order valence-electron chi connectivity index (χ1n) is 15.7. The molecule has 0 spiro atoms. The topological polar surface area (TPSA) is 150 Å². The maximum atomic E-state index is 14.4. The first-order chi connectivity index (χ1) is 24.2. The Morgan fingerprint density at radius 2 is 1.74 bits per heavy atom. The lowest BCUT2D eigenvalue weighted by atomic mass is 9.94. The van der Waals surface area contributed by atoms with E-state index >= 15 is 0 Å². The van der Waals surface area contributed by atoms with Gasteiger partial charge in [0.1, 0.15) is 19.3 Å². The summed E-state index contributed by atoms with van der Waals surface area (Å²) in [5, 5.41) is 12.3. The highest BCUT2D eigenvalue weighted by molar-refractivity contribution is 7.07. The minimum Gasteiger partial charge on any atom is -0.493 e. The minimum absolute atomic E-state index is 0.0168. The number of para-hydroxylation sites is 1. The summed E-state index contributed by atoms with van der Waals surface area (Å²) < 4.78 is 35.3. The highest BCUT2D eigenvalue weighted by Gasteiger charge is 2.36. The van der Waals surface area contributed by atoms with Crippen molar-refractivity contribution in [2.45, 2.75) is 32.9 Å². The van der Waals surface area contributed by atoms with Crippen molar-refractivity contribution in [3.63, 3.8) is 0 Å². The summed E-state index contributed by atoms with van der Waals surface area (Å²) in [7, 11) is 4.42. The molecule has 1 aliphatic heterocycles. The van der Waals surface area contributed by atoms with Gasteiger partial charge in [-0.05, 0) is 37.1 Å². The Hall–Kier alpha value is -5.47. The maximum Gasteiger partial charge on any atom is 0.338 e. The number of nitro benzene ring substituents is 1. The van der Waals surface area contributed by atoms with Crippen LogP contribution in [0.2, 0.25) is 0 Å². The van der Waals surface area contributed by atoms with Crippen molar-refractivity contribution in [1.82, 2.24) is 4.57 Å². The first kappa shape index (κ1) is 35.8. The molecule has 0 bridgehead atoms. The van der Waals surface area contributed by atoms with Crippen LogP contribution in [0, 0.1) is 10.1 Å². The van der Waals surface area contributed by atoms with E-state index in [1.807, 2.05) is 37.3 Å². The average molecular weight is 704 g/mol. The molecule has 13 nitrogen and oxygen atoms in total. The third-order valence-electron chi connectivity index (χ3n) is 7.77. The first-order valence-corrected chi connectivity index (χ1v) is 16.5. The quantitative estimate of drug-likeness (QED) is 0.0737. The zero-order valence-electron chi connectivity index (χ0n) is 28.3. The number of nitro groups is 1. The van der Waals surface area contributed by atoms with Crippen LogP contribution in [0.3, 0.4) is 0 Å². The smallest absolute Gasteiger partial charge is 0.338 e. The number of esters is 1. The van der Waals surface area contributed by atoms with E-state index in [1.165, 1.54) is 44.1 Å². The Morgan fingerprint density at radius 1 is 0.980 bits per heavy atom. The Kier molecular flexibility index (Phi) is 11.7. The van der Waals surface area contributed by atoms with Gasteiger partial charge in [0, 0.05) is 12.7 Å². The van der Waals surface area contributed by atoms with E-state index in [2.05, 4.69) is 4.99 Å².